The van der Waals surface area contributed by atoms with Crippen molar-refractivity contribution in [3.05, 3.63) is 60.4 Å². The van der Waals surface area contributed by atoms with Crippen molar-refractivity contribution >= 4 is 5.97 Å². The van der Waals surface area contributed by atoms with Crippen molar-refractivity contribution in [1.82, 2.24) is 0 Å². The molecule has 0 aliphatic carbocycles. The summed E-state index contributed by atoms with van der Waals surface area (Å²) in [5, 5.41) is 0. The number of rotatable bonds is 10. The van der Waals surface area contributed by atoms with Crippen LogP contribution in [0.4, 0.5) is 0 Å². The van der Waals surface area contributed by atoms with Crippen LogP contribution in [0, 0.1) is 0 Å². The highest BCUT2D eigenvalue weighted by atomic mass is 16.5. The van der Waals surface area contributed by atoms with E-state index in [4.69, 9.17) is 14.2 Å². The molecule has 0 spiro atoms. The summed E-state index contributed by atoms with van der Waals surface area (Å²) in [6.45, 7) is 5.06. The van der Waals surface area contributed by atoms with Crippen LogP contribution in [0.1, 0.15) is 25.8 Å². The fraction of sp³-hybridized carbons (Fsp3) is 0.389. The first-order valence-corrected chi connectivity index (χ1v) is 7.47. The molecule has 0 heterocycles. The number of allylic oxidation sites excluding steroid dienone is 1. The summed E-state index contributed by atoms with van der Waals surface area (Å²) in [4.78, 5) is 11.2. The van der Waals surface area contributed by atoms with Crippen molar-refractivity contribution in [2.45, 2.75) is 33.0 Å². The number of carbonyl (C=O) groups excluding carboxylic acids is 1. The maximum atomic E-state index is 11.2. The minimum atomic E-state index is -0.405. The number of hydrogen-bond donors (Lipinski definition) is 0. The van der Waals surface area contributed by atoms with Gasteiger partial charge in [0.2, 0.25) is 0 Å². The molecule has 0 radical (unpaired) electrons. The van der Waals surface area contributed by atoms with E-state index in [2.05, 4.69) is 0 Å². The van der Waals surface area contributed by atoms with Gasteiger partial charge in [0.25, 0.3) is 0 Å². The van der Waals surface area contributed by atoms with Crippen LogP contribution in [0.3, 0.4) is 0 Å². The third-order valence-electron chi connectivity index (χ3n) is 2.81. The first-order chi connectivity index (χ1) is 10.8. The minimum absolute atomic E-state index is 0.134. The number of esters is 1. The van der Waals surface area contributed by atoms with Gasteiger partial charge in [0.1, 0.15) is 6.10 Å². The van der Waals surface area contributed by atoms with Gasteiger partial charge >= 0.3 is 5.97 Å². The van der Waals surface area contributed by atoms with E-state index < -0.39 is 5.97 Å². The van der Waals surface area contributed by atoms with Gasteiger partial charge in [-0.1, -0.05) is 42.5 Å². The zero-order valence-electron chi connectivity index (χ0n) is 13.2. The van der Waals surface area contributed by atoms with Gasteiger partial charge in [0.05, 0.1) is 32.2 Å². The molecule has 4 nitrogen and oxygen atoms in total. The summed E-state index contributed by atoms with van der Waals surface area (Å²) in [5.74, 6) is -0.405. The van der Waals surface area contributed by atoms with Gasteiger partial charge in [0.15, 0.2) is 0 Å². The molecule has 0 aliphatic heterocycles. The normalized spacial score (nSPS) is 12.6. The van der Waals surface area contributed by atoms with Crippen molar-refractivity contribution in [3.63, 3.8) is 0 Å². The van der Waals surface area contributed by atoms with E-state index >= 15 is 0 Å². The summed E-state index contributed by atoms with van der Waals surface area (Å²) in [6, 6.07) is 9.97. The Morgan fingerprint density at radius 3 is 2.73 bits per heavy atom. The first kappa shape index (κ1) is 18.0. The summed E-state index contributed by atoms with van der Waals surface area (Å²) >= 11 is 0. The molecule has 0 aromatic heterocycles. The molecule has 22 heavy (non-hydrogen) atoms. The van der Waals surface area contributed by atoms with Crippen LogP contribution in [0.25, 0.3) is 0 Å². The maximum Gasteiger partial charge on any atom is 0.333 e. The van der Waals surface area contributed by atoms with E-state index in [0.29, 0.717) is 19.8 Å². The predicted octanol–water partition coefficient (Wildman–Crippen LogP) is 3.63. The number of carbonyl (C=O) groups is 1. The number of hydrogen-bond acceptors (Lipinski definition) is 4. The SMILES string of the molecule is C/C=C\C[C@@H](COCc1ccccc1)O/C=C/C(=O)OCC. The Balaban J connectivity index is 2.38. The Morgan fingerprint density at radius 1 is 1.27 bits per heavy atom. The fourth-order valence-electron chi connectivity index (χ4n) is 1.73. The summed E-state index contributed by atoms with van der Waals surface area (Å²) in [7, 11) is 0. The fourth-order valence-corrected chi connectivity index (χ4v) is 1.73. The molecule has 1 atom stereocenters. The lowest BCUT2D eigenvalue weighted by Crippen LogP contribution is -2.17. The van der Waals surface area contributed by atoms with Gasteiger partial charge in [-0.15, -0.1) is 0 Å². The van der Waals surface area contributed by atoms with E-state index in [1.165, 1.54) is 12.3 Å². The second-order valence-electron chi connectivity index (χ2n) is 4.62. The van der Waals surface area contributed by atoms with Crippen molar-refractivity contribution in [2.24, 2.45) is 0 Å². The molecule has 0 aliphatic rings. The second kappa shape index (κ2) is 11.6. The molecule has 0 fully saturated rings. The third-order valence-corrected chi connectivity index (χ3v) is 2.81. The number of benzene rings is 1. The number of ether oxygens (including phenoxy) is 3. The van der Waals surface area contributed by atoms with Gasteiger partial charge in [-0.05, 0) is 19.4 Å². The van der Waals surface area contributed by atoms with Crippen LogP contribution in [-0.2, 0) is 25.6 Å². The molecule has 0 bridgehead atoms. The Labute approximate surface area is 132 Å². The Morgan fingerprint density at radius 2 is 2.05 bits per heavy atom. The van der Waals surface area contributed by atoms with E-state index in [1.54, 1.807) is 6.92 Å². The molecule has 0 unspecified atom stereocenters. The third kappa shape index (κ3) is 8.27. The van der Waals surface area contributed by atoms with E-state index in [9.17, 15) is 4.79 Å². The van der Waals surface area contributed by atoms with E-state index in [1.807, 2.05) is 49.4 Å². The molecular formula is C18H24O4. The highest BCUT2D eigenvalue weighted by molar-refractivity contribution is 5.81. The Bertz CT molecular complexity index is 465. The van der Waals surface area contributed by atoms with Crippen LogP contribution >= 0.6 is 0 Å². The molecular weight excluding hydrogens is 280 g/mol. The molecule has 1 rings (SSSR count). The summed E-state index contributed by atoms with van der Waals surface area (Å²) < 4.78 is 16.0. The highest BCUT2D eigenvalue weighted by Gasteiger charge is 2.07. The van der Waals surface area contributed by atoms with Crippen LogP contribution in [0.5, 0.6) is 0 Å². The quantitative estimate of drug-likeness (QED) is 0.286. The zero-order valence-corrected chi connectivity index (χ0v) is 13.2. The lowest BCUT2D eigenvalue weighted by Gasteiger charge is -2.15. The predicted molar refractivity (Wildman–Crippen MR) is 86.2 cm³/mol. The summed E-state index contributed by atoms with van der Waals surface area (Å²) in [6.07, 6.45) is 7.21. The highest BCUT2D eigenvalue weighted by Crippen LogP contribution is 2.06. The van der Waals surface area contributed by atoms with Crippen LogP contribution in [0.2, 0.25) is 0 Å². The average molecular weight is 304 g/mol. The topological polar surface area (TPSA) is 44.8 Å². The minimum Gasteiger partial charge on any atom is -0.495 e. The largest absolute Gasteiger partial charge is 0.495 e. The molecule has 4 heteroatoms. The average Bonchev–Trinajstić information content (AvgIpc) is 2.53. The van der Waals surface area contributed by atoms with Crippen molar-refractivity contribution < 1.29 is 19.0 Å². The van der Waals surface area contributed by atoms with Crippen molar-refractivity contribution in [3.8, 4) is 0 Å². The Hall–Kier alpha value is -2.07. The molecule has 120 valence electrons. The van der Waals surface area contributed by atoms with Gasteiger partial charge in [-0.25, -0.2) is 4.79 Å². The van der Waals surface area contributed by atoms with Crippen LogP contribution < -0.4 is 0 Å². The van der Waals surface area contributed by atoms with Crippen LogP contribution in [0.15, 0.2) is 54.8 Å². The van der Waals surface area contributed by atoms with Crippen molar-refractivity contribution in [2.75, 3.05) is 13.2 Å². The lowest BCUT2D eigenvalue weighted by molar-refractivity contribution is -0.137. The zero-order chi connectivity index (χ0) is 16.0. The van der Waals surface area contributed by atoms with E-state index in [0.717, 1.165) is 12.0 Å². The molecule has 0 amide bonds. The molecule has 1 aromatic rings. The standard InChI is InChI=1S/C18H24O4/c1-3-5-11-17(22-13-12-18(19)21-4-2)15-20-14-16-9-7-6-8-10-16/h3,5-10,12-13,17H,4,11,14-15H2,1-2H3/b5-3-,13-12+/t17-/m0/s1. The monoisotopic (exact) mass is 304 g/mol. The maximum absolute atomic E-state index is 11.2. The first-order valence-electron chi connectivity index (χ1n) is 7.47. The molecule has 0 saturated carbocycles. The lowest BCUT2D eigenvalue weighted by atomic mass is 10.2. The van der Waals surface area contributed by atoms with E-state index in [-0.39, 0.29) is 6.10 Å². The molecule has 0 N–H and O–H groups in total. The molecule has 1 aromatic carbocycles. The van der Waals surface area contributed by atoms with Gasteiger partial charge in [0, 0.05) is 6.42 Å². The van der Waals surface area contributed by atoms with Crippen LogP contribution in [-0.4, -0.2) is 25.3 Å². The summed E-state index contributed by atoms with van der Waals surface area (Å²) in [5.41, 5.74) is 1.12. The van der Waals surface area contributed by atoms with Gasteiger partial charge < -0.3 is 14.2 Å². The Kier molecular flexibility index (Phi) is 9.46. The van der Waals surface area contributed by atoms with Gasteiger partial charge in [-0.3, -0.25) is 0 Å². The molecule has 0 saturated heterocycles. The second-order valence-corrected chi connectivity index (χ2v) is 4.62. The van der Waals surface area contributed by atoms with Crippen molar-refractivity contribution in [1.29, 1.82) is 0 Å². The smallest absolute Gasteiger partial charge is 0.333 e. The van der Waals surface area contributed by atoms with Gasteiger partial charge in [-0.2, -0.15) is 0 Å².